The second kappa shape index (κ2) is 6.61. The predicted octanol–water partition coefficient (Wildman–Crippen LogP) is 1.70. The highest BCUT2D eigenvalue weighted by Crippen LogP contribution is 2.10. The van der Waals surface area contributed by atoms with Gasteiger partial charge in [0.2, 0.25) is 0 Å². The van der Waals surface area contributed by atoms with Crippen molar-refractivity contribution < 1.29 is 23.5 Å². The zero-order valence-electron chi connectivity index (χ0n) is 10.6. The van der Waals surface area contributed by atoms with E-state index in [4.69, 9.17) is 10.4 Å². The normalized spacial score (nSPS) is 13.1. The lowest BCUT2D eigenvalue weighted by Crippen LogP contribution is -2.41. The van der Waals surface area contributed by atoms with E-state index in [0.29, 0.717) is 6.07 Å². The van der Waals surface area contributed by atoms with Crippen LogP contribution < -0.4 is 5.32 Å². The number of hydrogen-bond acceptors (Lipinski definition) is 3. The Kier molecular flexibility index (Phi) is 5.15. The highest BCUT2D eigenvalue weighted by atomic mass is 19.2. The number of benzene rings is 1. The van der Waals surface area contributed by atoms with Crippen molar-refractivity contribution in [2.45, 2.75) is 19.4 Å². The number of halogens is 2. The third-order valence-corrected chi connectivity index (χ3v) is 2.59. The first-order chi connectivity index (χ1) is 9.35. The Bertz CT molecular complexity index is 569. The molecule has 0 unspecified atom stereocenters. The number of carboxylic acids is 1. The summed E-state index contributed by atoms with van der Waals surface area (Å²) in [4.78, 5) is 22.7. The van der Waals surface area contributed by atoms with Crippen molar-refractivity contribution in [3.05, 3.63) is 35.4 Å². The third-order valence-electron chi connectivity index (χ3n) is 2.59. The molecule has 2 atom stereocenters. The summed E-state index contributed by atoms with van der Waals surface area (Å²) in [6.07, 6.45) is -0.0821. The number of rotatable bonds is 5. The molecule has 7 heteroatoms. The van der Waals surface area contributed by atoms with Gasteiger partial charge < -0.3 is 10.4 Å². The van der Waals surface area contributed by atoms with Crippen molar-refractivity contribution in [1.82, 2.24) is 5.32 Å². The van der Waals surface area contributed by atoms with E-state index < -0.39 is 35.5 Å². The molecule has 0 aliphatic carbocycles. The average Bonchev–Trinajstić information content (AvgIpc) is 2.40. The number of carbonyl (C=O) groups excluding carboxylic acids is 1. The van der Waals surface area contributed by atoms with E-state index in [1.165, 1.54) is 6.92 Å². The summed E-state index contributed by atoms with van der Waals surface area (Å²) in [5.74, 6) is -5.02. The van der Waals surface area contributed by atoms with Gasteiger partial charge in [-0.15, -0.1) is 0 Å². The first-order valence-electron chi connectivity index (χ1n) is 5.73. The lowest BCUT2D eigenvalue weighted by Gasteiger charge is -2.15. The molecule has 0 bridgehead atoms. The number of nitrogens with one attached hydrogen (secondary N) is 1. The average molecular weight is 282 g/mol. The fourth-order valence-electron chi connectivity index (χ4n) is 1.51. The molecule has 1 aromatic rings. The number of nitrogens with zero attached hydrogens (tertiary/aromatic N) is 1. The summed E-state index contributed by atoms with van der Waals surface area (Å²) in [7, 11) is 0. The molecule has 0 saturated carbocycles. The standard InChI is InChI=1S/C13H12F2N2O3/c1-7(6-16)4-11(13(19)20)17-12(18)8-2-3-9(14)10(15)5-8/h2-3,5,7,11H,4H2,1H3,(H,17,18)(H,19,20)/t7-,11+/m1/s1. The smallest absolute Gasteiger partial charge is 0.326 e. The Hall–Kier alpha value is -2.49. The molecule has 1 rings (SSSR count). The van der Waals surface area contributed by atoms with Gasteiger partial charge >= 0.3 is 5.97 Å². The van der Waals surface area contributed by atoms with Crippen LogP contribution in [-0.2, 0) is 4.79 Å². The van der Waals surface area contributed by atoms with Gasteiger partial charge in [0.05, 0.1) is 6.07 Å². The second-order valence-electron chi connectivity index (χ2n) is 4.26. The van der Waals surface area contributed by atoms with Crippen LogP contribution in [0.15, 0.2) is 18.2 Å². The Labute approximate surface area is 113 Å². The first-order valence-corrected chi connectivity index (χ1v) is 5.73. The van der Waals surface area contributed by atoms with Crippen LogP contribution in [0.5, 0.6) is 0 Å². The van der Waals surface area contributed by atoms with Crippen molar-refractivity contribution in [3.63, 3.8) is 0 Å². The maximum absolute atomic E-state index is 13.0. The lowest BCUT2D eigenvalue weighted by molar-refractivity contribution is -0.139. The van der Waals surface area contributed by atoms with Crippen LogP contribution in [0.4, 0.5) is 8.78 Å². The van der Waals surface area contributed by atoms with Crippen LogP contribution in [0.3, 0.4) is 0 Å². The molecule has 0 spiro atoms. The second-order valence-corrected chi connectivity index (χ2v) is 4.26. The van der Waals surface area contributed by atoms with Gasteiger partial charge in [-0.05, 0) is 31.5 Å². The monoisotopic (exact) mass is 282 g/mol. The quantitative estimate of drug-likeness (QED) is 0.860. The summed E-state index contributed by atoms with van der Waals surface area (Å²) in [5, 5.41) is 19.8. The van der Waals surface area contributed by atoms with Crippen LogP contribution in [0.1, 0.15) is 23.7 Å². The molecule has 2 N–H and O–H groups in total. The molecule has 0 saturated heterocycles. The zero-order valence-corrected chi connectivity index (χ0v) is 10.6. The molecule has 0 heterocycles. The minimum atomic E-state index is -1.30. The first kappa shape index (κ1) is 15.6. The fourth-order valence-corrected chi connectivity index (χ4v) is 1.51. The summed E-state index contributed by atoms with van der Waals surface area (Å²) in [6, 6.07) is 3.08. The number of carbonyl (C=O) groups is 2. The number of aliphatic carboxylic acids is 1. The van der Waals surface area contributed by atoms with E-state index >= 15 is 0 Å². The van der Waals surface area contributed by atoms with Crippen molar-refractivity contribution >= 4 is 11.9 Å². The Morgan fingerprint density at radius 3 is 2.55 bits per heavy atom. The Morgan fingerprint density at radius 2 is 2.05 bits per heavy atom. The molecule has 0 radical (unpaired) electrons. The maximum Gasteiger partial charge on any atom is 0.326 e. The molecule has 1 aromatic carbocycles. The number of nitriles is 1. The van der Waals surface area contributed by atoms with Crippen molar-refractivity contribution in [2.75, 3.05) is 0 Å². The molecular weight excluding hydrogens is 270 g/mol. The van der Waals surface area contributed by atoms with E-state index in [0.717, 1.165) is 12.1 Å². The van der Waals surface area contributed by atoms with Crippen molar-refractivity contribution in [1.29, 1.82) is 5.26 Å². The largest absolute Gasteiger partial charge is 0.480 e. The summed E-state index contributed by atoms with van der Waals surface area (Å²) < 4.78 is 25.7. The molecule has 5 nitrogen and oxygen atoms in total. The van der Waals surface area contributed by atoms with Gasteiger partial charge in [0.25, 0.3) is 5.91 Å². The summed E-state index contributed by atoms with van der Waals surface area (Å²) in [6.45, 7) is 1.51. The van der Waals surface area contributed by atoms with Crippen molar-refractivity contribution in [2.24, 2.45) is 5.92 Å². The number of carboxylic acid groups (broad SMARTS) is 1. The molecule has 1 amide bonds. The number of hydrogen-bond donors (Lipinski definition) is 2. The van der Waals surface area contributed by atoms with Crippen molar-refractivity contribution in [3.8, 4) is 6.07 Å². The van der Waals surface area contributed by atoms with Gasteiger partial charge in [-0.25, -0.2) is 13.6 Å². The van der Waals surface area contributed by atoms with E-state index in [1.807, 2.05) is 6.07 Å². The van der Waals surface area contributed by atoms with Crippen LogP contribution in [0, 0.1) is 28.9 Å². The van der Waals surface area contributed by atoms with Gasteiger partial charge in [-0.1, -0.05) is 0 Å². The molecule has 0 aliphatic heterocycles. The minimum absolute atomic E-state index is 0.0821. The van der Waals surface area contributed by atoms with E-state index in [1.54, 1.807) is 0 Å². The van der Waals surface area contributed by atoms with E-state index in [2.05, 4.69) is 5.32 Å². The van der Waals surface area contributed by atoms with Gasteiger partial charge in [0, 0.05) is 11.5 Å². The molecular formula is C13H12F2N2O3. The fraction of sp³-hybridized carbons (Fsp3) is 0.308. The summed E-state index contributed by atoms with van der Waals surface area (Å²) in [5.41, 5.74) is -0.195. The topological polar surface area (TPSA) is 90.2 Å². The molecule has 20 heavy (non-hydrogen) atoms. The van der Waals surface area contributed by atoms with Gasteiger partial charge in [0.1, 0.15) is 6.04 Å². The Morgan fingerprint density at radius 1 is 1.40 bits per heavy atom. The van der Waals surface area contributed by atoms with E-state index in [-0.39, 0.29) is 12.0 Å². The van der Waals surface area contributed by atoms with Crippen LogP contribution in [0.25, 0.3) is 0 Å². The maximum atomic E-state index is 13.0. The lowest BCUT2D eigenvalue weighted by atomic mass is 10.0. The predicted molar refractivity (Wildman–Crippen MR) is 64.6 cm³/mol. The highest BCUT2D eigenvalue weighted by molar-refractivity contribution is 5.96. The van der Waals surface area contributed by atoms with Crippen LogP contribution in [-0.4, -0.2) is 23.0 Å². The minimum Gasteiger partial charge on any atom is -0.480 e. The van der Waals surface area contributed by atoms with Gasteiger partial charge in [0.15, 0.2) is 11.6 Å². The summed E-state index contributed by atoms with van der Waals surface area (Å²) >= 11 is 0. The third kappa shape index (κ3) is 4.02. The van der Waals surface area contributed by atoms with Crippen LogP contribution >= 0.6 is 0 Å². The number of amides is 1. The molecule has 0 aliphatic rings. The van der Waals surface area contributed by atoms with Gasteiger partial charge in [-0.2, -0.15) is 5.26 Å². The highest BCUT2D eigenvalue weighted by Gasteiger charge is 2.23. The van der Waals surface area contributed by atoms with Gasteiger partial charge in [-0.3, -0.25) is 4.79 Å². The molecule has 106 valence electrons. The molecule has 0 aromatic heterocycles. The van der Waals surface area contributed by atoms with E-state index in [9.17, 15) is 18.4 Å². The molecule has 0 fully saturated rings. The Balaban J connectivity index is 2.83. The zero-order chi connectivity index (χ0) is 15.3. The van der Waals surface area contributed by atoms with Crippen LogP contribution in [0.2, 0.25) is 0 Å². The SMILES string of the molecule is C[C@@H](C#N)C[C@H](NC(=O)c1ccc(F)c(F)c1)C(=O)O.